The Labute approximate surface area is 173 Å². The largest absolute Gasteiger partial charge is 0.479 e. The summed E-state index contributed by atoms with van der Waals surface area (Å²) < 4.78 is 1.13. The van der Waals surface area contributed by atoms with Crippen molar-refractivity contribution >= 4 is 35.1 Å². The summed E-state index contributed by atoms with van der Waals surface area (Å²) in [6.45, 7) is 6.87. The molecule has 3 unspecified atom stereocenters. The normalized spacial score (nSPS) is 23.4. The van der Waals surface area contributed by atoms with Gasteiger partial charge in [-0.1, -0.05) is 23.2 Å². The van der Waals surface area contributed by atoms with Crippen molar-refractivity contribution in [3.8, 4) is 0 Å². The van der Waals surface area contributed by atoms with E-state index in [1.165, 1.54) is 25.1 Å². The molecule has 1 aromatic carbocycles. The lowest BCUT2D eigenvalue weighted by atomic mass is 10.2. The number of hydrogen-bond donors (Lipinski definition) is 5. The summed E-state index contributed by atoms with van der Waals surface area (Å²) in [7, 11) is 2.05. The van der Waals surface area contributed by atoms with Crippen LogP contribution in [-0.2, 0) is 16.1 Å². The first kappa shape index (κ1) is 24.6. The highest BCUT2D eigenvalue weighted by molar-refractivity contribution is 6.34. The first-order valence-corrected chi connectivity index (χ1v) is 9.58. The number of carbonyl (C=O) groups is 2. The molecule has 5 N–H and O–H groups in total. The Hall–Kier alpha value is -1.42. The van der Waals surface area contributed by atoms with Gasteiger partial charge in [-0.3, -0.25) is 0 Å². The van der Waals surface area contributed by atoms with E-state index < -0.39 is 24.1 Å². The van der Waals surface area contributed by atoms with Gasteiger partial charge < -0.3 is 30.2 Å². The van der Waals surface area contributed by atoms with Crippen molar-refractivity contribution in [2.45, 2.75) is 38.1 Å². The lowest BCUT2D eigenvalue weighted by Crippen LogP contribution is -2.46. The van der Waals surface area contributed by atoms with Gasteiger partial charge >= 0.3 is 11.9 Å². The van der Waals surface area contributed by atoms with Crippen LogP contribution in [0, 0.1) is 0 Å². The monoisotopic (exact) mass is 437 g/mol. The minimum absolute atomic E-state index is 0.639. The second-order valence-corrected chi connectivity index (χ2v) is 7.71. The highest BCUT2D eigenvalue weighted by Gasteiger charge is 2.36. The summed E-state index contributed by atoms with van der Waals surface area (Å²) >= 11 is 12.2. The first-order chi connectivity index (χ1) is 13.0. The fourth-order valence-corrected chi connectivity index (χ4v) is 3.79. The zero-order valence-corrected chi connectivity index (χ0v) is 17.3. The van der Waals surface area contributed by atoms with Gasteiger partial charge in [-0.2, -0.15) is 0 Å². The van der Waals surface area contributed by atoms with Crippen LogP contribution in [0.15, 0.2) is 18.2 Å². The summed E-state index contributed by atoms with van der Waals surface area (Å²) in [5.41, 5.74) is 1.24. The van der Waals surface area contributed by atoms with Crippen molar-refractivity contribution in [1.29, 1.82) is 0 Å². The molecule has 1 aliphatic rings. The maximum Gasteiger partial charge on any atom is 0.335 e. The van der Waals surface area contributed by atoms with E-state index in [0.717, 1.165) is 27.6 Å². The summed E-state index contributed by atoms with van der Waals surface area (Å²) in [6, 6.07) is 6.51. The zero-order valence-electron chi connectivity index (χ0n) is 15.8. The molecular formula is C18H27Cl2N2O6+. The first-order valence-electron chi connectivity index (χ1n) is 8.82. The standard InChI is InChI=1S/C14H21Cl2N2.C4H6O6/c1-3-18(5-4-14(10-18)17-2)9-11-6-12(15)8-13(16)7-11;5-1(3(7)8)2(6)4(9)10/h6-8,14,17H,3-5,9-10H2,1-2H3;1-2,5-6H,(H,7,8)(H,9,10)/q+1;/t14-,18?;/m1./s1. The van der Waals surface area contributed by atoms with Crippen molar-refractivity contribution in [2.24, 2.45) is 0 Å². The molecule has 0 radical (unpaired) electrons. The second kappa shape index (κ2) is 10.9. The van der Waals surface area contributed by atoms with E-state index in [1.54, 1.807) is 6.07 Å². The van der Waals surface area contributed by atoms with Gasteiger partial charge in [0.05, 0.1) is 25.7 Å². The van der Waals surface area contributed by atoms with E-state index >= 15 is 0 Å². The van der Waals surface area contributed by atoms with Gasteiger partial charge in [0, 0.05) is 22.0 Å². The maximum atomic E-state index is 9.77. The smallest absolute Gasteiger partial charge is 0.335 e. The van der Waals surface area contributed by atoms with Crippen LogP contribution < -0.4 is 5.32 Å². The molecule has 0 saturated carbocycles. The van der Waals surface area contributed by atoms with E-state index in [0.29, 0.717) is 6.04 Å². The van der Waals surface area contributed by atoms with Crippen LogP contribution in [0.1, 0.15) is 18.9 Å². The summed E-state index contributed by atoms with van der Waals surface area (Å²) in [4.78, 5) is 19.5. The third-order valence-corrected chi connectivity index (χ3v) is 5.32. The number of halogens is 2. The molecule has 158 valence electrons. The van der Waals surface area contributed by atoms with Crippen molar-refractivity contribution in [3.63, 3.8) is 0 Å². The van der Waals surface area contributed by atoms with Crippen molar-refractivity contribution in [2.75, 3.05) is 26.7 Å². The molecule has 10 heteroatoms. The lowest BCUT2D eigenvalue weighted by Gasteiger charge is -2.33. The third kappa shape index (κ3) is 7.20. The van der Waals surface area contributed by atoms with Crippen LogP contribution in [0.5, 0.6) is 0 Å². The fraction of sp³-hybridized carbons (Fsp3) is 0.556. The Morgan fingerprint density at radius 1 is 1.14 bits per heavy atom. The number of carboxylic acid groups (broad SMARTS) is 2. The number of quaternary nitrogens is 1. The number of nitrogens with zero attached hydrogens (tertiary/aromatic N) is 1. The van der Waals surface area contributed by atoms with E-state index in [9.17, 15) is 9.59 Å². The fourth-order valence-electron chi connectivity index (χ4n) is 3.22. The van der Waals surface area contributed by atoms with Gasteiger partial charge in [-0.25, -0.2) is 9.59 Å². The van der Waals surface area contributed by atoms with Crippen LogP contribution in [0.25, 0.3) is 0 Å². The molecular weight excluding hydrogens is 411 g/mol. The predicted octanol–water partition coefficient (Wildman–Crippen LogP) is 1.20. The molecule has 0 spiro atoms. The van der Waals surface area contributed by atoms with Crippen LogP contribution >= 0.6 is 23.2 Å². The zero-order chi connectivity index (χ0) is 21.5. The van der Waals surface area contributed by atoms with Crippen molar-refractivity contribution in [1.82, 2.24) is 5.32 Å². The SMILES string of the molecule is CC[N+]1(Cc2cc(Cl)cc(Cl)c2)CC[C@@H](NC)C1.O=C(O)C(O)C(O)C(=O)O. The number of nitrogens with one attached hydrogen (secondary N) is 1. The molecule has 1 saturated heterocycles. The number of likely N-dealkylation sites (tertiary alicyclic amines) is 1. The summed E-state index contributed by atoms with van der Waals surface area (Å²) in [5, 5.41) is 37.4. The highest BCUT2D eigenvalue weighted by Crippen LogP contribution is 2.26. The molecule has 1 aromatic rings. The predicted molar refractivity (Wildman–Crippen MR) is 105 cm³/mol. The van der Waals surface area contributed by atoms with Gasteiger partial charge in [0.15, 0.2) is 12.2 Å². The number of aliphatic hydroxyl groups excluding tert-OH is 2. The van der Waals surface area contributed by atoms with E-state index in [4.69, 9.17) is 43.6 Å². The van der Waals surface area contributed by atoms with Gasteiger partial charge in [0.2, 0.25) is 0 Å². The van der Waals surface area contributed by atoms with Crippen molar-refractivity contribution in [3.05, 3.63) is 33.8 Å². The number of hydrogen-bond acceptors (Lipinski definition) is 5. The number of carboxylic acids is 2. The van der Waals surface area contributed by atoms with Crippen LogP contribution in [0.3, 0.4) is 0 Å². The van der Waals surface area contributed by atoms with Gasteiger partial charge in [-0.15, -0.1) is 0 Å². The number of aliphatic hydroxyl groups is 2. The Morgan fingerprint density at radius 3 is 2.00 bits per heavy atom. The molecule has 1 fully saturated rings. The molecule has 0 aromatic heterocycles. The van der Waals surface area contributed by atoms with E-state index in [1.807, 2.05) is 12.1 Å². The molecule has 8 nitrogen and oxygen atoms in total. The maximum absolute atomic E-state index is 9.77. The second-order valence-electron chi connectivity index (χ2n) is 6.84. The average Bonchev–Trinajstić information content (AvgIpc) is 3.03. The number of rotatable bonds is 7. The van der Waals surface area contributed by atoms with Crippen LogP contribution in [-0.4, -0.2) is 81.8 Å². The highest BCUT2D eigenvalue weighted by atomic mass is 35.5. The van der Waals surface area contributed by atoms with E-state index in [-0.39, 0.29) is 0 Å². The Balaban J connectivity index is 0.000000336. The van der Waals surface area contributed by atoms with Crippen LogP contribution in [0.4, 0.5) is 0 Å². The quantitative estimate of drug-likeness (QED) is 0.405. The summed E-state index contributed by atoms with van der Waals surface area (Å²) in [6.07, 6.45) is -3.28. The number of aliphatic carboxylic acids is 2. The topological polar surface area (TPSA) is 127 Å². The molecule has 28 heavy (non-hydrogen) atoms. The van der Waals surface area contributed by atoms with Gasteiger partial charge in [0.25, 0.3) is 0 Å². The molecule has 1 heterocycles. The van der Waals surface area contributed by atoms with Gasteiger partial charge in [0.1, 0.15) is 6.54 Å². The molecule has 1 aliphatic heterocycles. The number of likely N-dealkylation sites (N-methyl/N-ethyl adjacent to an activating group) is 2. The lowest BCUT2D eigenvalue weighted by molar-refractivity contribution is -0.928. The minimum atomic E-state index is -2.27. The Kier molecular flexibility index (Phi) is 9.62. The minimum Gasteiger partial charge on any atom is -0.479 e. The van der Waals surface area contributed by atoms with Gasteiger partial charge in [-0.05, 0) is 32.2 Å². The third-order valence-electron chi connectivity index (χ3n) is 4.88. The molecule has 2 rings (SSSR count). The van der Waals surface area contributed by atoms with Crippen molar-refractivity contribution < 1.29 is 34.5 Å². The Bertz CT molecular complexity index is 652. The molecule has 0 bridgehead atoms. The summed E-state index contributed by atoms with van der Waals surface area (Å²) in [5.74, 6) is -3.54. The van der Waals surface area contributed by atoms with E-state index in [2.05, 4.69) is 19.3 Å². The molecule has 0 aliphatic carbocycles. The molecule has 4 atom stereocenters. The Morgan fingerprint density at radius 2 is 1.64 bits per heavy atom. The average molecular weight is 438 g/mol. The van der Waals surface area contributed by atoms with Crippen LogP contribution in [0.2, 0.25) is 10.0 Å². The molecule has 0 amide bonds. The number of benzene rings is 1.